The van der Waals surface area contributed by atoms with Crippen LogP contribution >= 0.6 is 0 Å². The quantitative estimate of drug-likeness (QED) is 0.598. The Kier molecular flexibility index (Phi) is 3.91. The van der Waals surface area contributed by atoms with Gasteiger partial charge in [0.2, 0.25) is 0 Å². The van der Waals surface area contributed by atoms with Gasteiger partial charge in [0, 0.05) is 12.3 Å². The van der Waals surface area contributed by atoms with Crippen LogP contribution in [0.1, 0.15) is 72.6 Å². The number of allylic oxidation sites excluding steroid dienone is 2. The van der Waals surface area contributed by atoms with E-state index in [-0.39, 0.29) is 5.92 Å². The maximum Gasteiger partial charge on any atom is 0.173 e. The lowest BCUT2D eigenvalue weighted by Gasteiger charge is -2.56. The highest BCUT2D eigenvalue weighted by atomic mass is 16.6. The third kappa shape index (κ3) is 2.45. The maximum absolute atomic E-state index is 11.1. The van der Waals surface area contributed by atoms with Crippen molar-refractivity contribution in [3.63, 3.8) is 0 Å². The van der Waals surface area contributed by atoms with Gasteiger partial charge in [-0.1, -0.05) is 39.0 Å². The highest BCUT2D eigenvalue weighted by Crippen LogP contribution is 2.67. The molecule has 9 atom stereocenters. The first-order chi connectivity index (χ1) is 12.7. The fraction of sp³-hybridized carbons (Fsp3) is 0.840. The summed E-state index contributed by atoms with van der Waals surface area (Å²) in [5, 5.41) is 11.1. The molecular weight excluding hydrogens is 332 g/mol. The molecule has 1 saturated heterocycles. The summed E-state index contributed by atoms with van der Waals surface area (Å²) in [6.45, 7) is 14.8. The summed E-state index contributed by atoms with van der Waals surface area (Å²) in [4.78, 5) is 0. The van der Waals surface area contributed by atoms with E-state index in [1.807, 2.05) is 0 Å². The molecular formula is C25H38O2. The first kappa shape index (κ1) is 18.4. The zero-order valence-corrected chi connectivity index (χ0v) is 17.8. The van der Waals surface area contributed by atoms with Crippen LogP contribution in [0.25, 0.3) is 0 Å². The van der Waals surface area contributed by atoms with Gasteiger partial charge in [0.05, 0.1) is 6.61 Å². The van der Waals surface area contributed by atoms with Crippen molar-refractivity contribution in [2.75, 3.05) is 6.61 Å². The van der Waals surface area contributed by atoms with Gasteiger partial charge < -0.3 is 9.84 Å². The lowest BCUT2D eigenvalue weighted by Crippen LogP contribution is -2.48. The molecule has 0 aromatic carbocycles. The standard InChI is InChI=1S/C25H38O2/c1-15(2)18-8-9-23(4)10-11-24(5)13-19-16(3)12-25(26)21(19)17(14-27-25)6-7-20(24)22(18)23/h6,16,18-22,26H,1,7-14H2,2-5H3/b17-6-. The van der Waals surface area contributed by atoms with E-state index in [1.54, 1.807) is 0 Å². The van der Waals surface area contributed by atoms with Crippen molar-refractivity contribution in [3.05, 3.63) is 23.8 Å². The fourth-order valence-corrected chi connectivity index (χ4v) is 8.54. The van der Waals surface area contributed by atoms with Gasteiger partial charge in [0.1, 0.15) is 0 Å². The molecule has 1 heterocycles. The second-order valence-corrected chi connectivity index (χ2v) is 11.6. The Morgan fingerprint density at radius 3 is 2.67 bits per heavy atom. The Morgan fingerprint density at radius 1 is 1.19 bits per heavy atom. The van der Waals surface area contributed by atoms with Gasteiger partial charge in [0.25, 0.3) is 0 Å². The summed E-state index contributed by atoms with van der Waals surface area (Å²) in [7, 11) is 0. The minimum atomic E-state index is -0.879. The van der Waals surface area contributed by atoms with E-state index in [0.29, 0.717) is 35.2 Å². The SMILES string of the molecule is C=C(C)C1CCC2(C)CCC3(C)CC4C(C)CC5(O)OC/C(=C/CC3C12)C45. The molecule has 5 rings (SSSR count). The van der Waals surface area contributed by atoms with Gasteiger partial charge in [0.15, 0.2) is 5.79 Å². The second-order valence-electron chi connectivity index (χ2n) is 11.6. The molecule has 0 aromatic heterocycles. The van der Waals surface area contributed by atoms with Crippen LogP contribution in [0, 0.1) is 46.3 Å². The summed E-state index contributed by atoms with van der Waals surface area (Å²) in [6.07, 6.45) is 11.2. The molecule has 4 aliphatic carbocycles. The van der Waals surface area contributed by atoms with E-state index in [2.05, 4.69) is 40.3 Å². The molecule has 9 unspecified atom stereocenters. The molecule has 27 heavy (non-hydrogen) atoms. The Balaban J connectivity index is 1.57. The van der Waals surface area contributed by atoms with E-state index in [1.165, 1.54) is 49.7 Å². The summed E-state index contributed by atoms with van der Waals surface area (Å²) >= 11 is 0. The zero-order valence-electron chi connectivity index (χ0n) is 17.8. The molecule has 1 N–H and O–H groups in total. The fourth-order valence-electron chi connectivity index (χ4n) is 8.54. The topological polar surface area (TPSA) is 29.5 Å². The van der Waals surface area contributed by atoms with Gasteiger partial charge >= 0.3 is 0 Å². The Hall–Kier alpha value is -0.600. The normalized spacial score (nSPS) is 58.5. The molecule has 2 nitrogen and oxygen atoms in total. The van der Waals surface area contributed by atoms with Crippen molar-refractivity contribution < 1.29 is 9.84 Å². The van der Waals surface area contributed by atoms with Crippen molar-refractivity contribution in [1.82, 2.24) is 0 Å². The van der Waals surface area contributed by atoms with Gasteiger partial charge in [-0.2, -0.15) is 0 Å². The molecule has 0 bridgehead atoms. The van der Waals surface area contributed by atoms with Crippen LogP contribution in [-0.2, 0) is 4.74 Å². The van der Waals surface area contributed by atoms with Gasteiger partial charge in [-0.05, 0) is 91.4 Å². The molecule has 3 saturated carbocycles. The summed E-state index contributed by atoms with van der Waals surface area (Å²) in [5.41, 5.74) is 3.70. The first-order valence-corrected chi connectivity index (χ1v) is 11.4. The van der Waals surface area contributed by atoms with Crippen molar-refractivity contribution in [2.24, 2.45) is 46.3 Å². The van der Waals surface area contributed by atoms with Crippen LogP contribution in [0.3, 0.4) is 0 Å². The minimum absolute atomic E-state index is 0.249. The number of ether oxygens (including phenoxy) is 1. The molecule has 0 amide bonds. The van der Waals surface area contributed by atoms with Crippen molar-refractivity contribution in [1.29, 1.82) is 0 Å². The van der Waals surface area contributed by atoms with E-state index in [9.17, 15) is 5.11 Å². The van der Waals surface area contributed by atoms with Crippen LogP contribution in [0.4, 0.5) is 0 Å². The van der Waals surface area contributed by atoms with E-state index < -0.39 is 5.79 Å². The first-order valence-electron chi connectivity index (χ1n) is 11.4. The van der Waals surface area contributed by atoms with Gasteiger partial charge in [-0.3, -0.25) is 0 Å². The Labute approximate surface area is 165 Å². The summed E-state index contributed by atoms with van der Waals surface area (Å²) < 4.78 is 5.99. The summed E-state index contributed by atoms with van der Waals surface area (Å²) in [5.74, 6) is 2.72. The molecule has 4 fully saturated rings. The Bertz CT molecular complexity index is 694. The van der Waals surface area contributed by atoms with Gasteiger partial charge in [-0.15, -0.1) is 0 Å². The zero-order chi connectivity index (χ0) is 19.2. The smallest absolute Gasteiger partial charge is 0.173 e. The molecule has 150 valence electrons. The number of fused-ring (bicyclic) bond motifs is 3. The average molecular weight is 371 g/mol. The van der Waals surface area contributed by atoms with Gasteiger partial charge in [-0.25, -0.2) is 0 Å². The molecule has 5 aliphatic rings. The van der Waals surface area contributed by atoms with Crippen molar-refractivity contribution in [2.45, 2.75) is 78.4 Å². The van der Waals surface area contributed by atoms with Crippen molar-refractivity contribution in [3.8, 4) is 0 Å². The lowest BCUT2D eigenvalue weighted by molar-refractivity contribution is -0.187. The summed E-state index contributed by atoms with van der Waals surface area (Å²) in [6, 6.07) is 0. The highest BCUT2D eigenvalue weighted by molar-refractivity contribution is 5.25. The molecule has 2 heteroatoms. The monoisotopic (exact) mass is 370 g/mol. The van der Waals surface area contributed by atoms with E-state index >= 15 is 0 Å². The number of hydrogen-bond acceptors (Lipinski definition) is 2. The highest BCUT2D eigenvalue weighted by Gasteiger charge is 2.62. The molecule has 0 radical (unpaired) electrons. The largest absolute Gasteiger partial charge is 0.365 e. The van der Waals surface area contributed by atoms with E-state index in [0.717, 1.165) is 18.3 Å². The van der Waals surface area contributed by atoms with Crippen LogP contribution in [-0.4, -0.2) is 17.5 Å². The second kappa shape index (κ2) is 5.72. The molecule has 1 aliphatic heterocycles. The molecule has 0 aromatic rings. The van der Waals surface area contributed by atoms with Crippen LogP contribution < -0.4 is 0 Å². The third-order valence-corrected chi connectivity index (χ3v) is 9.98. The van der Waals surface area contributed by atoms with Crippen LogP contribution in [0.5, 0.6) is 0 Å². The maximum atomic E-state index is 11.1. The number of rotatable bonds is 1. The van der Waals surface area contributed by atoms with Crippen molar-refractivity contribution >= 4 is 0 Å². The number of hydrogen-bond donors (Lipinski definition) is 1. The lowest BCUT2D eigenvalue weighted by atomic mass is 9.49. The predicted molar refractivity (Wildman–Crippen MR) is 109 cm³/mol. The minimum Gasteiger partial charge on any atom is -0.365 e. The third-order valence-electron chi connectivity index (χ3n) is 9.98. The van der Waals surface area contributed by atoms with Crippen LogP contribution in [0.2, 0.25) is 0 Å². The number of aliphatic hydroxyl groups is 1. The molecule has 0 spiro atoms. The Morgan fingerprint density at radius 2 is 1.93 bits per heavy atom. The van der Waals surface area contributed by atoms with Crippen LogP contribution in [0.15, 0.2) is 23.8 Å². The average Bonchev–Trinajstić information content (AvgIpc) is 3.15. The van der Waals surface area contributed by atoms with E-state index in [4.69, 9.17) is 4.74 Å². The predicted octanol–water partition coefficient (Wildman–Crippen LogP) is 5.72.